The molecule has 3 rings (SSSR count). The number of esters is 1. The van der Waals surface area contributed by atoms with Crippen molar-refractivity contribution in [3.8, 4) is 5.75 Å². The van der Waals surface area contributed by atoms with E-state index in [1.807, 2.05) is 19.9 Å². The highest BCUT2D eigenvalue weighted by molar-refractivity contribution is 7.09. The monoisotopic (exact) mass is 539 g/mol. The Morgan fingerprint density at radius 3 is 2.32 bits per heavy atom. The van der Waals surface area contributed by atoms with Gasteiger partial charge in [0.2, 0.25) is 5.91 Å². The lowest BCUT2D eigenvalue weighted by molar-refractivity contribution is -0.143. The Labute approximate surface area is 223 Å². The van der Waals surface area contributed by atoms with E-state index in [1.54, 1.807) is 43.3 Å². The van der Waals surface area contributed by atoms with Crippen LogP contribution in [-0.4, -0.2) is 48.3 Å². The first-order valence-corrected chi connectivity index (χ1v) is 12.4. The summed E-state index contributed by atoms with van der Waals surface area (Å²) in [5, 5.41) is 2.56. The summed E-state index contributed by atoms with van der Waals surface area (Å²) in [5.41, 5.74) is 13.7. The lowest BCUT2D eigenvalue weighted by atomic mass is 10.0. The summed E-state index contributed by atoms with van der Waals surface area (Å²) >= 11 is 0.705. The molecule has 38 heavy (non-hydrogen) atoms. The number of nitrogens with zero attached hydrogens (tertiary/aromatic N) is 2. The zero-order valence-corrected chi connectivity index (χ0v) is 22.3. The fraction of sp³-hybridized carbons (Fsp3) is 0.269. The van der Waals surface area contributed by atoms with Gasteiger partial charge in [0.25, 0.3) is 11.8 Å². The van der Waals surface area contributed by atoms with E-state index in [9.17, 15) is 19.2 Å². The highest BCUT2D eigenvalue weighted by atomic mass is 32.1. The molecule has 0 aliphatic rings. The van der Waals surface area contributed by atoms with Gasteiger partial charge in [-0.25, -0.2) is 0 Å². The third-order valence-electron chi connectivity index (χ3n) is 5.79. The van der Waals surface area contributed by atoms with Crippen molar-refractivity contribution in [3.63, 3.8) is 0 Å². The Balaban J connectivity index is 2.19. The van der Waals surface area contributed by atoms with Crippen molar-refractivity contribution in [1.82, 2.24) is 9.69 Å². The van der Waals surface area contributed by atoms with Crippen LogP contribution in [0.5, 0.6) is 5.75 Å². The van der Waals surface area contributed by atoms with E-state index in [1.165, 1.54) is 12.0 Å². The first-order chi connectivity index (χ1) is 18.1. The molecule has 0 fully saturated rings. The van der Waals surface area contributed by atoms with E-state index in [0.717, 1.165) is 11.1 Å². The van der Waals surface area contributed by atoms with Crippen LogP contribution in [0.25, 0.3) is 0 Å². The smallest absolute Gasteiger partial charge is 0.325 e. The molecule has 200 valence electrons. The van der Waals surface area contributed by atoms with Gasteiger partial charge in [-0.15, -0.1) is 0 Å². The van der Waals surface area contributed by atoms with Crippen molar-refractivity contribution in [3.05, 3.63) is 69.7 Å². The molecule has 5 N–H and O–H groups in total. The number of carbonyl (C=O) groups excluding carboxylic acids is 4. The maximum atomic E-state index is 14.0. The van der Waals surface area contributed by atoms with Crippen LogP contribution in [-0.2, 0) is 14.3 Å². The molecule has 0 radical (unpaired) electrons. The topological polar surface area (TPSA) is 167 Å². The number of carbonyl (C=O) groups is 4. The van der Waals surface area contributed by atoms with Gasteiger partial charge in [0.15, 0.2) is 5.69 Å². The second-order valence-electron chi connectivity index (χ2n) is 8.28. The van der Waals surface area contributed by atoms with Crippen molar-refractivity contribution in [2.75, 3.05) is 30.9 Å². The number of benzene rings is 2. The van der Waals surface area contributed by atoms with Crippen LogP contribution in [0.15, 0.2) is 42.5 Å². The summed E-state index contributed by atoms with van der Waals surface area (Å²) in [6.45, 7) is 5.19. The Kier molecular flexibility index (Phi) is 9.02. The molecule has 1 atom stereocenters. The lowest BCUT2D eigenvalue weighted by Crippen LogP contribution is -2.45. The third-order valence-corrected chi connectivity index (χ3v) is 6.64. The minimum Gasteiger partial charge on any atom is -0.497 e. The van der Waals surface area contributed by atoms with Crippen LogP contribution in [0.3, 0.4) is 0 Å². The summed E-state index contributed by atoms with van der Waals surface area (Å²) in [7, 11) is 1.51. The van der Waals surface area contributed by atoms with E-state index in [4.69, 9.17) is 20.9 Å². The number of hydrogen-bond acceptors (Lipinski definition) is 9. The number of amides is 3. The first kappa shape index (κ1) is 28.1. The third kappa shape index (κ3) is 6.09. The number of methoxy groups -OCH3 is 1. The standard InChI is InChI=1S/C26H29N5O6S/c1-5-37-19(32)13-29-25(34)22(16-7-10-18(36-4)11-8-16)31(17-9-6-14(2)15(3)12-17)26(35)23-20(27)21(24(28)33)30-38-23/h6-12,22H,5,13,27H2,1-4H3,(H2,28,33)(H,29,34)/t22-/m0/s1. The summed E-state index contributed by atoms with van der Waals surface area (Å²) in [4.78, 5) is 52.6. The van der Waals surface area contributed by atoms with Crippen molar-refractivity contribution in [1.29, 1.82) is 0 Å². The number of primary amides is 1. The second kappa shape index (κ2) is 12.2. The zero-order valence-electron chi connectivity index (χ0n) is 21.4. The van der Waals surface area contributed by atoms with Gasteiger partial charge in [-0.1, -0.05) is 18.2 Å². The SMILES string of the molecule is CCOC(=O)CNC(=O)[C@H](c1ccc(OC)cc1)N(C(=O)c1snc(C(N)=O)c1N)c1ccc(C)c(C)c1. The van der Waals surface area contributed by atoms with E-state index < -0.39 is 36.3 Å². The molecule has 0 aliphatic heterocycles. The highest BCUT2D eigenvalue weighted by Crippen LogP contribution is 2.34. The largest absolute Gasteiger partial charge is 0.497 e. The maximum Gasteiger partial charge on any atom is 0.325 e. The molecule has 3 aromatic rings. The van der Waals surface area contributed by atoms with Gasteiger partial charge in [0.05, 0.1) is 19.4 Å². The second-order valence-corrected chi connectivity index (χ2v) is 9.05. The molecule has 0 aliphatic carbocycles. The minimum absolute atomic E-state index is 0.0614. The van der Waals surface area contributed by atoms with Gasteiger partial charge in [-0.05, 0) is 73.3 Å². The molecule has 0 saturated carbocycles. The number of nitrogen functional groups attached to an aromatic ring is 1. The Morgan fingerprint density at radius 2 is 1.76 bits per heavy atom. The molecule has 0 bridgehead atoms. The van der Waals surface area contributed by atoms with Gasteiger partial charge >= 0.3 is 5.97 Å². The number of rotatable bonds is 10. The quantitative estimate of drug-likeness (QED) is 0.330. The number of aryl methyl sites for hydroxylation is 2. The summed E-state index contributed by atoms with van der Waals surface area (Å²) < 4.78 is 14.1. The van der Waals surface area contributed by atoms with Crippen molar-refractivity contribution < 1.29 is 28.7 Å². The fourth-order valence-corrected chi connectivity index (χ4v) is 4.41. The predicted octanol–water partition coefficient (Wildman–Crippen LogP) is 2.52. The van der Waals surface area contributed by atoms with E-state index in [-0.39, 0.29) is 22.9 Å². The number of nitrogens with two attached hydrogens (primary N) is 2. The zero-order chi connectivity index (χ0) is 28.0. The normalized spacial score (nSPS) is 11.4. The van der Waals surface area contributed by atoms with Crippen LogP contribution >= 0.6 is 11.5 Å². The van der Waals surface area contributed by atoms with Crippen LogP contribution in [0.4, 0.5) is 11.4 Å². The molecule has 3 amide bonds. The molecule has 11 nitrogen and oxygen atoms in total. The van der Waals surface area contributed by atoms with Gasteiger partial charge in [-0.2, -0.15) is 4.37 Å². The van der Waals surface area contributed by atoms with Crippen LogP contribution in [0.2, 0.25) is 0 Å². The molecular formula is C26H29N5O6S. The van der Waals surface area contributed by atoms with Crippen molar-refractivity contribution in [2.45, 2.75) is 26.8 Å². The molecule has 0 spiro atoms. The lowest BCUT2D eigenvalue weighted by Gasteiger charge is -2.31. The van der Waals surface area contributed by atoms with Gasteiger partial charge in [0.1, 0.15) is 23.2 Å². The molecule has 1 aromatic heterocycles. The van der Waals surface area contributed by atoms with Gasteiger partial charge in [-0.3, -0.25) is 24.1 Å². The molecule has 12 heteroatoms. The maximum absolute atomic E-state index is 14.0. The average Bonchev–Trinajstić information content (AvgIpc) is 3.29. The summed E-state index contributed by atoms with van der Waals surface area (Å²) in [6.07, 6.45) is 0. The van der Waals surface area contributed by atoms with E-state index in [2.05, 4.69) is 9.69 Å². The summed E-state index contributed by atoms with van der Waals surface area (Å²) in [5.74, 6) is -2.29. The first-order valence-electron chi connectivity index (χ1n) is 11.6. The van der Waals surface area contributed by atoms with E-state index >= 15 is 0 Å². The molecule has 1 heterocycles. The number of anilines is 2. The molecular weight excluding hydrogens is 510 g/mol. The number of aromatic nitrogens is 1. The predicted molar refractivity (Wildman–Crippen MR) is 143 cm³/mol. The van der Waals surface area contributed by atoms with Crippen molar-refractivity contribution in [2.24, 2.45) is 5.73 Å². The van der Waals surface area contributed by atoms with E-state index in [0.29, 0.717) is 28.5 Å². The average molecular weight is 540 g/mol. The Morgan fingerprint density at radius 1 is 1.08 bits per heavy atom. The fourth-order valence-electron chi connectivity index (χ4n) is 3.67. The number of ether oxygens (including phenoxy) is 2. The Bertz CT molecular complexity index is 1350. The molecule has 0 unspecified atom stereocenters. The highest BCUT2D eigenvalue weighted by Gasteiger charge is 2.36. The van der Waals surface area contributed by atoms with Gasteiger partial charge in [0, 0.05) is 5.69 Å². The Hall–Kier alpha value is -4.45. The minimum atomic E-state index is -1.25. The van der Waals surface area contributed by atoms with Crippen LogP contribution in [0, 0.1) is 13.8 Å². The molecule has 2 aromatic carbocycles. The molecule has 0 saturated heterocycles. The van der Waals surface area contributed by atoms with Crippen molar-refractivity contribution >= 4 is 46.6 Å². The van der Waals surface area contributed by atoms with Gasteiger partial charge < -0.3 is 26.3 Å². The number of nitrogens with one attached hydrogen (secondary N) is 1. The van der Waals surface area contributed by atoms with Crippen LogP contribution < -0.4 is 26.4 Å². The van der Waals surface area contributed by atoms with Crippen LogP contribution in [0.1, 0.15) is 49.8 Å². The summed E-state index contributed by atoms with van der Waals surface area (Å²) in [6, 6.07) is 10.6. The number of hydrogen-bond donors (Lipinski definition) is 3.